The predicted molar refractivity (Wildman–Crippen MR) is 83.4 cm³/mol. The van der Waals surface area contributed by atoms with E-state index in [9.17, 15) is 0 Å². The second-order valence-corrected chi connectivity index (χ2v) is 6.73. The van der Waals surface area contributed by atoms with Crippen LogP contribution in [0.15, 0.2) is 6.33 Å². The van der Waals surface area contributed by atoms with E-state index in [2.05, 4.69) is 21.8 Å². The van der Waals surface area contributed by atoms with Gasteiger partial charge in [-0.25, -0.2) is 9.97 Å². The minimum absolute atomic E-state index is 0.621. The minimum Gasteiger partial charge on any atom is -0.356 e. The third-order valence-electron chi connectivity index (χ3n) is 5.26. The molecule has 2 aliphatic rings. The lowest BCUT2D eigenvalue weighted by Gasteiger charge is -2.45. The number of piperidine rings is 1. The Morgan fingerprint density at radius 3 is 2.45 bits per heavy atom. The normalized spacial score (nSPS) is 22.2. The fourth-order valence-electron chi connectivity index (χ4n) is 3.95. The average Bonchev–Trinajstić information content (AvgIpc) is 2.49. The van der Waals surface area contributed by atoms with Crippen molar-refractivity contribution in [3.8, 4) is 0 Å². The monoisotopic (exact) mass is 293 g/mol. The van der Waals surface area contributed by atoms with Crippen LogP contribution in [0.1, 0.15) is 57.4 Å². The van der Waals surface area contributed by atoms with Gasteiger partial charge >= 0.3 is 0 Å². The largest absolute Gasteiger partial charge is 0.356 e. The zero-order chi connectivity index (χ0) is 14.0. The van der Waals surface area contributed by atoms with Crippen LogP contribution in [0.5, 0.6) is 0 Å². The molecule has 1 aliphatic heterocycles. The molecule has 110 valence electrons. The number of halogens is 1. The predicted octanol–water partition coefficient (Wildman–Crippen LogP) is 4.24. The highest BCUT2D eigenvalue weighted by Gasteiger charge is 2.36. The van der Waals surface area contributed by atoms with Crippen LogP contribution >= 0.6 is 11.6 Å². The first-order chi connectivity index (χ1) is 9.74. The molecule has 0 radical (unpaired) electrons. The van der Waals surface area contributed by atoms with Crippen molar-refractivity contribution >= 4 is 17.4 Å². The molecule has 2 heterocycles. The summed E-state index contributed by atoms with van der Waals surface area (Å²) in [6.07, 6.45) is 12.3. The van der Waals surface area contributed by atoms with E-state index in [1.54, 1.807) is 6.33 Å². The number of anilines is 1. The molecule has 3 rings (SSSR count). The molecule has 0 bridgehead atoms. The van der Waals surface area contributed by atoms with E-state index in [-0.39, 0.29) is 0 Å². The number of hydrogen-bond acceptors (Lipinski definition) is 3. The molecule has 2 fully saturated rings. The molecule has 1 aromatic rings. The minimum atomic E-state index is 0.621. The van der Waals surface area contributed by atoms with Crippen LogP contribution in [0, 0.1) is 5.41 Å². The molecule has 0 unspecified atom stereocenters. The van der Waals surface area contributed by atoms with Gasteiger partial charge in [0.1, 0.15) is 17.3 Å². The molecule has 3 nitrogen and oxygen atoms in total. The Bertz CT molecular complexity index is 459. The van der Waals surface area contributed by atoms with E-state index in [0.29, 0.717) is 10.6 Å². The maximum Gasteiger partial charge on any atom is 0.137 e. The summed E-state index contributed by atoms with van der Waals surface area (Å²) < 4.78 is 0. The van der Waals surface area contributed by atoms with Gasteiger partial charge in [-0.05, 0) is 37.5 Å². The molecular formula is C16H24ClN3. The number of nitrogens with zero attached hydrogens (tertiary/aromatic N) is 3. The summed E-state index contributed by atoms with van der Waals surface area (Å²) in [4.78, 5) is 11.0. The molecule has 0 amide bonds. The first-order valence-electron chi connectivity index (χ1n) is 7.98. The number of aromatic nitrogens is 2. The molecule has 4 heteroatoms. The molecule has 20 heavy (non-hydrogen) atoms. The van der Waals surface area contributed by atoms with Gasteiger partial charge in [-0.2, -0.15) is 0 Å². The second kappa shape index (κ2) is 5.88. The first kappa shape index (κ1) is 14.1. The Hall–Kier alpha value is -0.830. The summed E-state index contributed by atoms with van der Waals surface area (Å²) in [5.41, 5.74) is 1.74. The molecule has 1 aromatic heterocycles. The lowest BCUT2D eigenvalue weighted by atomic mass is 9.68. The molecule has 1 aliphatic carbocycles. The highest BCUT2D eigenvalue weighted by Crippen LogP contribution is 2.45. The Labute approximate surface area is 126 Å². The molecule has 0 aromatic carbocycles. The van der Waals surface area contributed by atoms with Crippen molar-refractivity contribution in [2.45, 2.75) is 58.3 Å². The van der Waals surface area contributed by atoms with E-state index >= 15 is 0 Å². The molecule has 1 saturated carbocycles. The van der Waals surface area contributed by atoms with E-state index in [1.165, 1.54) is 44.9 Å². The Kier molecular flexibility index (Phi) is 4.16. The van der Waals surface area contributed by atoms with E-state index < -0.39 is 0 Å². The standard InChI is InChI=1S/C16H24ClN3/c1-2-13-14(17)18-12-19-15(13)20-10-8-16(9-11-20)6-4-3-5-7-16/h12H,2-11H2,1H3. The van der Waals surface area contributed by atoms with E-state index in [0.717, 1.165) is 30.9 Å². The lowest BCUT2D eigenvalue weighted by molar-refractivity contribution is 0.144. The highest BCUT2D eigenvalue weighted by molar-refractivity contribution is 6.30. The van der Waals surface area contributed by atoms with E-state index in [4.69, 9.17) is 11.6 Å². The van der Waals surface area contributed by atoms with Crippen molar-refractivity contribution in [3.05, 3.63) is 17.0 Å². The number of hydrogen-bond donors (Lipinski definition) is 0. The van der Waals surface area contributed by atoms with Gasteiger partial charge in [0.25, 0.3) is 0 Å². The molecule has 0 atom stereocenters. The van der Waals surface area contributed by atoms with E-state index in [1.807, 2.05) is 0 Å². The van der Waals surface area contributed by atoms with Gasteiger partial charge in [0.05, 0.1) is 0 Å². The average molecular weight is 294 g/mol. The van der Waals surface area contributed by atoms with Crippen molar-refractivity contribution in [2.75, 3.05) is 18.0 Å². The summed E-state index contributed by atoms with van der Waals surface area (Å²) in [6, 6.07) is 0. The fraction of sp³-hybridized carbons (Fsp3) is 0.750. The van der Waals surface area contributed by atoms with Gasteiger partial charge in [-0.15, -0.1) is 0 Å². The number of rotatable bonds is 2. The van der Waals surface area contributed by atoms with Gasteiger partial charge < -0.3 is 4.90 Å². The van der Waals surface area contributed by atoms with Crippen LogP contribution in [-0.4, -0.2) is 23.1 Å². The Morgan fingerprint density at radius 2 is 1.80 bits per heavy atom. The second-order valence-electron chi connectivity index (χ2n) is 6.37. The van der Waals surface area contributed by atoms with Gasteiger partial charge in [0, 0.05) is 18.7 Å². The van der Waals surface area contributed by atoms with Crippen LogP contribution in [0.2, 0.25) is 5.15 Å². The Morgan fingerprint density at radius 1 is 1.10 bits per heavy atom. The highest BCUT2D eigenvalue weighted by atomic mass is 35.5. The Balaban J connectivity index is 1.73. The summed E-state index contributed by atoms with van der Waals surface area (Å²) in [6.45, 7) is 4.38. The maximum atomic E-state index is 6.21. The van der Waals surface area contributed by atoms with Gasteiger partial charge in [0.15, 0.2) is 0 Å². The van der Waals surface area contributed by atoms with Crippen LogP contribution < -0.4 is 4.90 Å². The molecular weight excluding hydrogens is 270 g/mol. The molecule has 1 saturated heterocycles. The smallest absolute Gasteiger partial charge is 0.137 e. The van der Waals surface area contributed by atoms with Crippen molar-refractivity contribution in [3.63, 3.8) is 0 Å². The van der Waals surface area contributed by atoms with Crippen molar-refractivity contribution in [1.29, 1.82) is 0 Å². The fourth-order valence-corrected chi connectivity index (χ4v) is 4.22. The zero-order valence-corrected chi connectivity index (χ0v) is 13.1. The van der Waals surface area contributed by atoms with Crippen molar-refractivity contribution in [1.82, 2.24) is 9.97 Å². The zero-order valence-electron chi connectivity index (χ0n) is 12.4. The topological polar surface area (TPSA) is 29.0 Å². The van der Waals surface area contributed by atoms with Crippen LogP contribution in [0.4, 0.5) is 5.82 Å². The van der Waals surface area contributed by atoms with Crippen molar-refractivity contribution < 1.29 is 0 Å². The summed E-state index contributed by atoms with van der Waals surface area (Å²) in [7, 11) is 0. The van der Waals surface area contributed by atoms with Gasteiger partial charge in [0.2, 0.25) is 0 Å². The molecule has 1 spiro atoms. The van der Waals surface area contributed by atoms with Crippen LogP contribution in [-0.2, 0) is 6.42 Å². The van der Waals surface area contributed by atoms with Crippen LogP contribution in [0.25, 0.3) is 0 Å². The summed E-state index contributed by atoms with van der Waals surface area (Å²) in [5, 5.41) is 0.621. The van der Waals surface area contributed by atoms with Gasteiger partial charge in [-0.1, -0.05) is 37.8 Å². The van der Waals surface area contributed by atoms with Crippen molar-refractivity contribution in [2.24, 2.45) is 5.41 Å². The third kappa shape index (κ3) is 2.65. The third-order valence-corrected chi connectivity index (χ3v) is 5.59. The summed E-state index contributed by atoms with van der Waals surface area (Å²) in [5.74, 6) is 1.07. The SMILES string of the molecule is CCc1c(Cl)ncnc1N1CCC2(CCCCC2)CC1. The van der Waals surface area contributed by atoms with Gasteiger partial charge in [-0.3, -0.25) is 0 Å². The lowest BCUT2D eigenvalue weighted by Crippen LogP contribution is -2.41. The quantitative estimate of drug-likeness (QED) is 0.764. The van der Waals surface area contributed by atoms with Crippen LogP contribution in [0.3, 0.4) is 0 Å². The maximum absolute atomic E-state index is 6.21. The first-order valence-corrected chi connectivity index (χ1v) is 8.36. The molecule has 0 N–H and O–H groups in total. The summed E-state index contributed by atoms with van der Waals surface area (Å²) >= 11 is 6.21.